The molecule has 2 unspecified atom stereocenters. The molecule has 0 amide bonds. The Kier molecular flexibility index (Phi) is 4.66. The Morgan fingerprint density at radius 3 is 2.53 bits per heavy atom. The molecule has 2 atom stereocenters. The van der Waals surface area contributed by atoms with Gasteiger partial charge in [-0.2, -0.15) is 18.4 Å². The topological polar surface area (TPSA) is 39.5 Å². The third-order valence-corrected chi connectivity index (χ3v) is 3.80. The average Bonchev–Trinajstić information content (AvgIpc) is 2.84. The van der Waals surface area contributed by atoms with Crippen molar-refractivity contribution in [3.05, 3.63) is 0 Å². The number of morpholine rings is 1. The minimum atomic E-state index is -4.42. The van der Waals surface area contributed by atoms with E-state index in [2.05, 4.69) is 4.90 Å². The largest absolute Gasteiger partial charge is 0.405 e. The third-order valence-electron chi connectivity index (χ3n) is 3.80. The fourth-order valence-corrected chi connectivity index (χ4v) is 2.69. The molecular formula is C12H18F3N3O. The second kappa shape index (κ2) is 6.07. The second-order valence-corrected chi connectivity index (χ2v) is 5.07. The van der Waals surface area contributed by atoms with E-state index in [0.717, 1.165) is 19.5 Å². The zero-order valence-electron chi connectivity index (χ0n) is 10.7. The van der Waals surface area contributed by atoms with E-state index in [0.29, 0.717) is 32.3 Å². The number of nitrogens with zero attached hydrogens (tertiary/aromatic N) is 3. The summed E-state index contributed by atoms with van der Waals surface area (Å²) >= 11 is 0. The molecule has 2 saturated heterocycles. The molecule has 0 spiro atoms. The molecule has 0 aliphatic carbocycles. The van der Waals surface area contributed by atoms with Gasteiger partial charge in [0.25, 0.3) is 0 Å². The summed E-state index contributed by atoms with van der Waals surface area (Å²) in [4.78, 5) is 4.03. The molecule has 0 aromatic rings. The zero-order chi connectivity index (χ0) is 13.9. The summed E-state index contributed by atoms with van der Waals surface area (Å²) in [5.74, 6) is -1.88. The lowest BCUT2D eigenvalue weighted by Gasteiger charge is -2.32. The van der Waals surface area contributed by atoms with Gasteiger partial charge in [0.2, 0.25) is 0 Å². The van der Waals surface area contributed by atoms with E-state index in [1.54, 1.807) is 4.90 Å². The van der Waals surface area contributed by atoms with Gasteiger partial charge in [-0.1, -0.05) is 0 Å². The van der Waals surface area contributed by atoms with Gasteiger partial charge in [0, 0.05) is 32.2 Å². The van der Waals surface area contributed by atoms with E-state index in [1.165, 1.54) is 6.07 Å². The first-order valence-electron chi connectivity index (χ1n) is 6.51. The van der Waals surface area contributed by atoms with Crippen molar-refractivity contribution in [2.75, 3.05) is 45.9 Å². The number of hydrogen-bond donors (Lipinski definition) is 0. The monoisotopic (exact) mass is 277 g/mol. The minimum Gasteiger partial charge on any atom is -0.379 e. The molecule has 2 fully saturated rings. The fourth-order valence-electron chi connectivity index (χ4n) is 2.69. The van der Waals surface area contributed by atoms with Gasteiger partial charge in [-0.15, -0.1) is 0 Å². The SMILES string of the molecule is N#CC(CN1CCC(N2CCOCC2)C1)C(F)(F)F. The predicted molar refractivity (Wildman–Crippen MR) is 62.4 cm³/mol. The van der Waals surface area contributed by atoms with Crippen molar-refractivity contribution in [2.24, 2.45) is 5.92 Å². The quantitative estimate of drug-likeness (QED) is 0.774. The van der Waals surface area contributed by atoms with Gasteiger partial charge in [-0.3, -0.25) is 4.90 Å². The molecule has 19 heavy (non-hydrogen) atoms. The normalized spacial score (nSPS) is 28.2. The van der Waals surface area contributed by atoms with Crippen LogP contribution in [0.25, 0.3) is 0 Å². The van der Waals surface area contributed by atoms with Crippen molar-refractivity contribution in [1.82, 2.24) is 9.80 Å². The van der Waals surface area contributed by atoms with E-state index in [9.17, 15) is 13.2 Å². The highest BCUT2D eigenvalue weighted by atomic mass is 19.4. The van der Waals surface area contributed by atoms with Crippen LogP contribution in [-0.4, -0.2) is 68.0 Å². The molecule has 2 heterocycles. The summed E-state index contributed by atoms with van der Waals surface area (Å²) < 4.78 is 42.9. The number of rotatable bonds is 3. The molecule has 0 bridgehead atoms. The van der Waals surface area contributed by atoms with Gasteiger partial charge in [-0.25, -0.2) is 0 Å². The van der Waals surface area contributed by atoms with Crippen LogP contribution >= 0.6 is 0 Å². The van der Waals surface area contributed by atoms with Crippen LogP contribution in [0.5, 0.6) is 0 Å². The molecule has 4 nitrogen and oxygen atoms in total. The molecule has 0 N–H and O–H groups in total. The van der Waals surface area contributed by atoms with Crippen LogP contribution in [0.3, 0.4) is 0 Å². The van der Waals surface area contributed by atoms with E-state index < -0.39 is 12.1 Å². The summed E-state index contributed by atoms with van der Waals surface area (Å²) in [6.45, 7) is 4.13. The maximum absolute atomic E-state index is 12.5. The van der Waals surface area contributed by atoms with Crippen LogP contribution in [0, 0.1) is 17.2 Å². The summed E-state index contributed by atoms with van der Waals surface area (Å²) in [7, 11) is 0. The molecule has 0 radical (unpaired) electrons. The Balaban J connectivity index is 1.83. The molecular weight excluding hydrogens is 259 g/mol. The highest BCUT2D eigenvalue weighted by molar-refractivity contribution is 4.93. The van der Waals surface area contributed by atoms with Crippen LogP contribution in [0.2, 0.25) is 0 Å². The minimum absolute atomic E-state index is 0.208. The van der Waals surface area contributed by atoms with Crippen molar-refractivity contribution in [3.8, 4) is 6.07 Å². The smallest absolute Gasteiger partial charge is 0.379 e. The fraction of sp³-hybridized carbons (Fsp3) is 0.917. The first kappa shape index (κ1) is 14.6. The third kappa shape index (κ3) is 3.81. The predicted octanol–water partition coefficient (Wildman–Crippen LogP) is 1.09. The lowest BCUT2D eigenvalue weighted by molar-refractivity contribution is -0.162. The number of ether oxygens (including phenoxy) is 1. The van der Waals surface area contributed by atoms with Crippen molar-refractivity contribution in [1.29, 1.82) is 5.26 Å². The maximum Gasteiger partial charge on any atom is 0.405 e. The van der Waals surface area contributed by atoms with E-state index in [-0.39, 0.29) is 6.54 Å². The number of nitriles is 1. The Morgan fingerprint density at radius 1 is 1.26 bits per heavy atom. The van der Waals surface area contributed by atoms with Crippen LogP contribution in [-0.2, 0) is 4.74 Å². The first-order chi connectivity index (χ1) is 9.00. The molecule has 0 aromatic heterocycles. The van der Waals surface area contributed by atoms with Gasteiger partial charge >= 0.3 is 6.18 Å². The first-order valence-corrected chi connectivity index (χ1v) is 6.51. The summed E-state index contributed by atoms with van der Waals surface area (Å²) in [6, 6.07) is 1.67. The Labute approximate surface area is 110 Å². The van der Waals surface area contributed by atoms with Crippen molar-refractivity contribution in [2.45, 2.75) is 18.6 Å². The summed E-state index contributed by atoms with van der Waals surface area (Å²) in [5.41, 5.74) is 0. The highest BCUT2D eigenvalue weighted by Crippen LogP contribution is 2.28. The number of alkyl halides is 3. The van der Waals surface area contributed by atoms with Crippen LogP contribution in [0.1, 0.15) is 6.42 Å². The van der Waals surface area contributed by atoms with Crippen molar-refractivity contribution < 1.29 is 17.9 Å². The van der Waals surface area contributed by atoms with E-state index >= 15 is 0 Å². The maximum atomic E-state index is 12.5. The van der Waals surface area contributed by atoms with E-state index in [1.807, 2.05) is 0 Å². The second-order valence-electron chi connectivity index (χ2n) is 5.07. The Hall–Kier alpha value is -0.840. The van der Waals surface area contributed by atoms with Gasteiger partial charge in [0.05, 0.1) is 19.3 Å². The molecule has 2 aliphatic heterocycles. The molecule has 108 valence electrons. The van der Waals surface area contributed by atoms with E-state index in [4.69, 9.17) is 10.00 Å². The molecule has 2 aliphatic rings. The van der Waals surface area contributed by atoms with Gasteiger partial charge in [0.15, 0.2) is 5.92 Å². The van der Waals surface area contributed by atoms with Crippen molar-refractivity contribution >= 4 is 0 Å². The standard InChI is InChI=1S/C12H18F3N3O/c13-12(14,15)10(7-16)8-17-2-1-11(9-17)18-3-5-19-6-4-18/h10-11H,1-6,8-9H2. The van der Waals surface area contributed by atoms with Crippen LogP contribution in [0.15, 0.2) is 0 Å². The van der Waals surface area contributed by atoms with Crippen LogP contribution in [0.4, 0.5) is 13.2 Å². The van der Waals surface area contributed by atoms with Gasteiger partial charge < -0.3 is 9.64 Å². The molecule has 7 heteroatoms. The Bertz CT molecular complexity index is 336. The average molecular weight is 277 g/mol. The number of hydrogen-bond acceptors (Lipinski definition) is 4. The molecule has 2 rings (SSSR count). The molecule has 0 saturated carbocycles. The number of halogens is 3. The Morgan fingerprint density at radius 2 is 1.95 bits per heavy atom. The lowest BCUT2D eigenvalue weighted by atomic mass is 10.1. The summed E-state index contributed by atoms with van der Waals surface area (Å²) in [6.07, 6.45) is -3.55. The zero-order valence-corrected chi connectivity index (χ0v) is 10.7. The van der Waals surface area contributed by atoms with Crippen molar-refractivity contribution in [3.63, 3.8) is 0 Å². The lowest BCUT2D eigenvalue weighted by Crippen LogP contribution is -2.45. The highest BCUT2D eigenvalue weighted by Gasteiger charge is 2.42. The number of likely N-dealkylation sites (tertiary alicyclic amines) is 1. The van der Waals surface area contributed by atoms with Crippen LogP contribution < -0.4 is 0 Å². The summed E-state index contributed by atoms with van der Waals surface area (Å²) in [5, 5.41) is 8.61. The van der Waals surface area contributed by atoms with Gasteiger partial charge in [0.1, 0.15) is 0 Å². The molecule has 0 aromatic carbocycles. The van der Waals surface area contributed by atoms with Gasteiger partial charge in [-0.05, 0) is 13.0 Å².